The molecule has 4 heteroatoms. The zero-order valence-corrected chi connectivity index (χ0v) is 18.8. The van der Waals surface area contributed by atoms with E-state index in [0.717, 1.165) is 55.4 Å². The molecule has 0 amide bonds. The predicted molar refractivity (Wildman–Crippen MR) is 143 cm³/mol. The van der Waals surface area contributed by atoms with Crippen molar-refractivity contribution in [1.82, 2.24) is 19.5 Å². The summed E-state index contributed by atoms with van der Waals surface area (Å²) in [5.41, 5.74) is 7.84. The van der Waals surface area contributed by atoms with Crippen molar-refractivity contribution >= 4 is 32.8 Å². The van der Waals surface area contributed by atoms with Gasteiger partial charge in [-0.05, 0) is 24.3 Å². The van der Waals surface area contributed by atoms with Crippen LogP contribution in [0.4, 0.5) is 0 Å². The van der Waals surface area contributed by atoms with Crippen LogP contribution in [0.3, 0.4) is 0 Å². The molecular formula is C31H20N4. The summed E-state index contributed by atoms with van der Waals surface area (Å²) >= 11 is 0. The smallest absolute Gasteiger partial charge is 0.235 e. The van der Waals surface area contributed by atoms with Crippen molar-refractivity contribution < 1.29 is 0 Å². The van der Waals surface area contributed by atoms with Crippen LogP contribution < -0.4 is 0 Å². The molecule has 0 radical (unpaired) electrons. The van der Waals surface area contributed by atoms with Crippen molar-refractivity contribution in [2.24, 2.45) is 0 Å². The Labute approximate surface area is 202 Å². The summed E-state index contributed by atoms with van der Waals surface area (Å²) in [6, 6.07) is 41.4. The van der Waals surface area contributed by atoms with E-state index in [1.54, 1.807) is 0 Å². The van der Waals surface area contributed by atoms with Gasteiger partial charge in [0.05, 0.1) is 33.5 Å². The van der Waals surface area contributed by atoms with Crippen LogP contribution in [-0.2, 0) is 0 Å². The maximum Gasteiger partial charge on any atom is 0.235 e. The number of nitrogens with zero attached hydrogens (tertiary/aromatic N) is 4. The summed E-state index contributed by atoms with van der Waals surface area (Å²) in [4.78, 5) is 15.2. The molecule has 0 aliphatic heterocycles. The minimum Gasteiger partial charge on any atom is -0.276 e. The molecular weight excluding hydrogens is 428 g/mol. The van der Waals surface area contributed by atoms with Crippen LogP contribution in [0.1, 0.15) is 0 Å². The van der Waals surface area contributed by atoms with Crippen LogP contribution in [0.25, 0.3) is 61.3 Å². The number of pyridine rings is 1. The van der Waals surface area contributed by atoms with Gasteiger partial charge in [0.15, 0.2) is 0 Å². The molecule has 164 valence electrons. The van der Waals surface area contributed by atoms with E-state index >= 15 is 0 Å². The molecule has 3 aromatic heterocycles. The van der Waals surface area contributed by atoms with E-state index in [-0.39, 0.29) is 0 Å². The van der Waals surface area contributed by atoms with Gasteiger partial charge in [-0.15, -0.1) is 0 Å². The molecule has 0 aliphatic rings. The average Bonchev–Trinajstić information content (AvgIpc) is 3.26. The van der Waals surface area contributed by atoms with E-state index in [1.165, 1.54) is 0 Å². The molecule has 35 heavy (non-hydrogen) atoms. The first-order valence-corrected chi connectivity index (χ1v) is 11.6. The lowest BCUT2D eigenvalue weighted by atomic mass is 10.1. The Morgan fingerprint density at radius 2 is 1.09 bits per heavy atom. The average molecular weight is 449 g/mol. The van der Waals surface area contributed by atoms with Crippen molar-refractivity contribution in [3.8, 4) is 28.5 Å². The first kappa shape index (κ1) is 19.6. The SMILES string of the molecule is c1ccc(-c2cc(-c3ccccc3)nc(-n3c4ccccc4c4nc5ccccc5cc43)n2)cc1. The second kappa shape index (κ2) is 7.89. The highest BCUT2D eigenvalue weighted by Crippen LogP contribution is 2.33. The Morgan fingerprint density at radius 1 is 0.486 bits per heavy atom. The van der Waals surface area contributed by atoms with Gasteiger partial charge in [-0.3, -0.25) is 4.57 Å². The van der Waals surface area contributed by atoms with Crippen LogP contribution in [0.5, 0.6) is 0 Å². The number of hydrogen-bond donors (Lipinski definition) is 0. The van der Waals surface area contributed by atoms with Gasteiger partial charge in [0.2, 0.25) is 5.95 Å². The summed E-state index contributed by atoms with van der Waals surface area (Å²) in [6.45, 7) is 0. The quantitative estimate of drug-likeness (QED) is 0.282. The summed E-state index contributed by atoms with van der Waals surface area (Å²) < 4.78 is 2.14. The first-order valence-electron chi connectivity index (χ1n) is 11.6. The van der Waals surface area contributed by atoms with E-state index in [1.807, 2.05) is 48.5 Å². The fourth-order valence-corrected chi connectivity index (χ4v) is 4.74. The third kappa shape index (κ3) is 3.27. The summed E-state index contributed by atoms with van der Waals surface area (Å²) in [6.07, 6.45) is 0. The lowest BCUT2D eigenvalue weighted by Gasteiger charge is -2.11. The van der Waals surface area contributed by atoms with E-state index in [4.69, 9.17) is 15.0 Å². The van der Waals surface area contributed by atoms with Gasteiger partial charge in [-0.1, -0.05) is 97.1 Å². The normalized spacial score (nSPS) is 11.4. The van der Waals surface area contributed by atoms with Crippen LogP contribution in [0.15, 0.2) is 121 Å². The topological polar surface area (TPSA) is 43.6 Å². The lowest BCUT2D eigenvalue weighted by Crippen LogP contribution is -2.04. The third-order valence-electron chi connectivity index (χ3n) is 6.40. The second-order valence-corrected chi connectivity index (χ2v) is 8.57. The molecule has 4 aromatic carbocycles. The number of rotatable bonds is 3. The van der Waals surface area contributed by atoms with Crippen molar-refractivity contribution in [3.63, 3.8) is 0 Å². The number of benzene rings is 4. The maximum atomic E-state index is 5.08. The highest BCUT2D eigenvalue weighted by Gasteiger charge is 2.18. The zero-order valence-electron chi connectivity index (χ0n) is 18.8. The van der Waals surface area contributed by atoms with Crippen molar-refractivity contribution in [1.29, 1.82) is 0 Å². The number of hydrogen-bond acceptors (Lipinski definition) is 3. The molecule has 0 bridgehead atoms. The molecule has 0 spiro atoms. The third-order valence-corrected chi connectivity index (χ3v) is 6.40. The van der Waals surface area contributed by atoms with E-state index in [2.05, 4.69) is 77.4 Å². The molecule has 3 heterocycles. The Bertz CT molecular complexity index is 1780. The summed E-state index contributed by atoms with van der Waals surface area (Å²) in [7, 11) is 0. The Balaban J connectivity index is 1.59. The fourth-order valence-electron chi connectivity index (χ4n) is 4.74. The fraction of sp³-hybridized carbons (Fsp3) is 0. The monoisotopic (exact) mass is 448 g/mol. The molecule has 7 aromatic rings. The molecule has 0 N–H and O–H groups in total. The Kier molecular flexibility index (Phi) is 4.42. The second-order valence-electron chi connectivity index (χ2n) is 8.57. The Morgan fingerprint density at radius 3 is 1.80 bits per heavy atom. The Hall–Kier alpha value is -4.83. The first-order chi connectivity index (χ1) is 17.3. The van der Waals surface area contributed by atoms with Crippen molar-refractivity contribution in [2.45, 2.75) is 0 Å². The number of aromatic nitrogens is 4. The molecule has 0 aliphatic carbocycles. The molecule has 0 saturated heterocycles. The standard InChI is InChI=1S/C31H20N4/c1-3-11-21(12-4-1)26-20-27(22-13-5-2-6-14-22)34-31(33-26)35-28-18-10-8-16-24(28)30-29(35)19-23-15-7-9-17-25(23)32-30/h1-20H. The van der Waals surface area contributed by atoms with Gasteiger partial charge in [0, 0.05) is 21.9 Å². The van der Waals surface area contributed by atoms with Crippen LogP contribution in [-0.4, -0.2) is 19.5 Å². The van der Waals surface area contributed by atoms with Crippen LogP contribution in [0, 0.1) is 0 Å². The molecule has 0 saturated carbocycles. The largest absolute Gasteiger partial charge is 0.276 e. The minimum absolute atomic E-state index is 0.633. The molecule has 0 fully saturated rings. The minimum atomic E-state index is 0.633. The lowest BCUT2D eigenvalue weighted by molar-refractivity contribution is 0.995. The van der Waals surface area contributed by atoms with Gasteiger partial charge in [-0.25, -0.2) is 15.0 Å². The van der Waals surface area contributed by atoms with Gasteiger partial charge in [0.25, 0.3) is 0 Å². The van der Waals surface area contributed by atoms with Gasteiger partial charge in [-0.2, -0.15) is 0 Å². The van der Waals surface area contributed by atoms with E-state index in [9.17, 15) is 0 Å². The van der Waals surface area contributed by atoms with E-state index in [0.29, 0.717) is 5.95 Å². The van der Waals surface area contributed by atoms with Crippen LogP contribution >= 0.6 is 0 Å². The maximum absolute atomic E-state index is 5.08. The van der Waals surface area contributed by atoms with Crippen molar-refractivity contribution in [2.75, 3.05) is 0 Å². The van der Waals surface area contributed by atoms with E-state index < -0.39 is 0 Å². The molecule has 7 rings (SSSR count). The van der Waals surface area contributed by atoms with Gasteiger partial charge >= 0.3 is 0 Å². The van der Waals surface area contributed by atoms with Gasteiger partial charge in [0.1, 0.15) is 0 Å². The van der Waals surface area contributed by atoms with Gasteiger partial charge < -0.3 is 0 Å². The zero-order chi connectivity index (χ0) is 23.2. The number of para-hydroxylation sites is 2. The molecule has 4 nitrogen and oxygen atoms in total. The van der Waals surface area contributed by atoms with Crippen molar-refractivity contribution in [3.05, 3.63) is 121 Å². The summed E-state index contributed by atoms with van der Waals surface area (Å²) in [5.74, 6) is 0.633. The summed E-state index contributed by atoms with van der Waals surface area (Å²) in [5, 5.41) is 2.18. The number of fused-ring (bicyclic) bond motifs is 4. The predicted octanol–water partition coefficient (Wildman–Crippen LogP) is 7.46. The molecule has 0 unspecified atom stereocenters. The molecule has 0 atom stereocenters. The highest BCUT2D eigenvalue weighted by molar-refractivity contribution is 6.09. The van der Waals surface area contributed by atoms with Crippen LogP contribution in [0.2, 0.25) is 0 Å². The highest BCUT2D eigenvalue weighted by atomic mass is 15.2.